The molecule has 0 N–H and O–H groups in total. The summed E-state index contributed by atoms with van der Waals surface area (Å²) in [7, 11) is -8.26. The van der Waals surface area contributed by atoms with Crippen LogP contribution >= 0.6 is 0 Å². The van der Waals surface area contributed by atoms with Crippen molar-refractivity contribution in [2.75, 3.05) is 31.1 Å². The maximum atomic E-state index is 13.0. The van der Waals surface area contributed by atoms with E-state index < -0.39 is 30.5 Å². The highest BCUT2D eigenvalue weighted by Gasteiger charge is 2.30. The van der Waals surface area contributed by atoms with Gasteiger partial charge in [0.15, 0.2) is 0 Å². The number of sulfone groups is 1. The number of nitrogens with zero attached hydrogens (tertiary/aromatic N) is 2. The van der Waals surface area contributed by atoms with E-state index in [1.165, 1.54) is 16.4 Å². The predicted molar refractivity (Wildman–Crippen MR) is 116 cm³/mol. The molecule has 1 aliphatic heterocycles. The number of hydrogen-bond acceptors (Lipinski definition) is 5. The van der Waals surface area contributed by atoms with Crippen molar-refractivity contribution in [3.8, 4) is 0 Å². The Morgan fingerprint density at radius 3 is 1.71 bits per heavy atom. The average Bonchev–Trinajstić information content (AvgIpc) is 2.73. The van der Waals surface area contributed by atoms with Crippen LogP contribution in [-0.2, 0) is 25.3 Å². The van der Waals surface area contributed by atoms with Gasteiger partial charge in [0.2, 0.25) is 19.9 Å². The zero-order valence-corrected chi connectivity index (χ0v) is 19.3. The normalized spacial score (nSPS) is 16.6. The van der Waals surface area contributed by atoms with Crippen molar-refractivity contribution < 1.29 is 25.6 Å². The van der Waals surface area contributed by atoms with E-state index in [0.717, 1.165) is 17.7 Å². The Morgan fingerprint density at radius 1 is 0.774 bits per heavy atom. The molecule has 1 heterocycles. The second kappa shape index (κ2) is 8.48. The highest BCUT2D eigenvalue weighted by atomic mass is 32.2. The summed E-state index contributed by atoms with van der Waals surface area (Å²) in [6.07, 6.45) is 0. The molecule has 0 aliphatic carbocycles. The van der Waals surface area contributed by atoms with Gasteiger partial charge in [-0.3, -0.25) is 0 Å². The van der Waals surface area contributed by atoms with Crippen LogP contribution < -0.4 is 4.90 Å². The van der Waals surface area contributed by atoms with E-state index in [9.17, 15) is 25.6 Å². The standard InChI is InChI=1S/C21H26F2N2O4S2/c1-21(2,3)16-4-8-19(9-5-16)31(28,29)25-14-12-24(13-15-25)17-6-10-18(11-7-17)30(26,27)20(22)23/h4-11,20H,12-15H2,1-3H3. The number of benzene rings is 2. The van der Waals surface area contributed by atoms with E-state index in [1.54, 1.807) is 12.1 Å². The molecule has 3 rings (SSSR count). The van der Waals surface area contributed by atoms with Gasteiger partial charge in [-0.1, -0.05) is 32.9 Å². The third kappa shape index (κ3) is 4.91. The van der Waals surface area contributed by atoms with Gasteiger partial charge >= 0.3 is 5.76 Å². The number of piperazine rings is 1. The fourth-order valence-corrected chi connectivity index (χ4v) is 5.56. The van der Waals surface area contributed by atoms with Gasteiger partial charge in [-0.25, -0.2) is 16.8 Å². The van der Waals surface area contributed by atoms with Crippen LogP contribution in [0.4, 0.5) is 14.5 Å². The zero-order chi connectivity index (χ0) is 23.0. The first kappa shape index (κ1) is 23.6. The van der Waals surface area contributed by atoms with E-state index in [0.29, 0.717) is 18.8 Å². The van der Waals surface area contributed by atoms with Crippen molar-refractivity contribution >= 4 is 25.5 Å². The van der Waals surface area contributed by atoms with E-state index in [4.69, 9.17) is 0 Å². The monoisotopic (exact) mass is 472 g/mol. The maximum Gasteiger partial charge on any atom is 0.341 e. The summed E-state index contributed by atoms with van der Waals surface area (Å²) in [5.41, 5.74) is 1.63. The summed E-state index contributed by atoms with van der Waals surface area (Å²) in [5, 5.41) is 0. The molecule has 0 bridgehead atoms. The second-order valence-electron chi connectivity index (χ2n) is 8.47. The van der Waals surface area contributed by atoms with Crippen molar-refractivity contribution in [1.29, 1.82) is 0 Å². The molecule has 0 unspecified atom stereocenters. The Kier molecular flexibility index (Phi) is 6.46. The largest absolute Gasteiger partial charge is 0.369 e. The Morgan fingerprint density at radius 2 is 1.26 bits per heavy atom. The molecule has 10 heteroatoms. The number of halogens is 2. The molecule has 6 nitrogen and oxygen atoms in total. The minimum absolute atomic E-state index is 0.0713. The lowest BCUT2D eigenvalue weighted by molar-refractivity contribution is 0.234. The number of alkyl halides is 2. The molecule has 0 saturated carbocycles. The topological polar surface area (TPSA) is 74.8 Å². The summed E-state index contributed by atoms with van der Waals surface area (Å²) in [6, 6.07) is 12.1. The van der Waals surface area contributed by atoms with Gasteiger partial charge < -0.3 is 4.90 Å². The number of rotatable bonds is 5. The first-order valence-electron chi connectivity index (χ1n) is 9.81. The first-order valence-corrected chi connectivity index (χ1v) is 12.8. The lowest BCUT2D eigenvalue weighted by Crippen LogP contribution is -2.48. The van der Waals surface area contributed by atoms with E-state index >= 15 is 0 Å². The molecular weight excluding hydrogens is 446 g/mol. The van der Waals surface area contributed by atoms with Gasteiger partial charge in [-0.2, -0.15) is 13.1 Å². The van der Waals surface area contributed by atoms with E-state index in [-0.39, 0.29) is 23.4 Å². The predicted octanol–water partition coefficient (Wildman–Crippen LogP) is 3.49. The molecule has 1 aliphatic rings. The van der Waals surface area contributed by atoms with Gasteiger partial charge in [-0.15, -0.1) is 0 Å². The summed E-state index contributed by atoms with van der Waals surface area (Å²) in [4.78, 5) is 1.70. The summed E-state index contributed by atoms with van der Waals surface area (Å²) in [6.45, 7) is 7.52. The molecule has 0 atom stereocenters. The Hall–Kier alpha value is -2.04. The maximum absolute atomic E-state index is 13.0. The van der Waals surface area contributed by atoms with Gasteiger partial charge in [0.25, 0.3) is 0 Å². The van der Waals surface area contributed by atoms with Crippen LogP contribution in [0.2, 0.25) is 0 Å². The van der Waals surface area contributed by atoms with Gasteiger partial charge in [0.1, 0.15) is 0 Å². The Labute approximate surface area is 182 Å². The molecular formula is C21H26F2N2O4S2. The highest BCUT2D eigenvalue weighted by Crippen LogP contribution is 2.27. The first-order chi connectivity index (χ1) is 14.3. The van der Waals surface area contributed by atoms with E-state index in [2.05, 4.69) is 20.8 Å². The van der Waals surface area contributed by atoms with Crippen LogP contribution in [0.15, 0.2) is 58.3 Å². The lowest BCUT2D eigenvalue weighted by atomic mass is 9.87. The molecule has 0 aromatic heterocycles. The molecule has 2 aromatic rings. The molecule has 0 radical (unpaired) electrons. The molecule has 1 saturated heterocycles. The SMILES string of the molecule is CC(C)(C)c1ccc(S(=O)(=O)N2CCN(c3ccc(S(=O)(=O)C(F)F)cc3)CC2)cc1. The molecule has 1 fully saturated rings. The minimum atomic E-state index is -4.64. The smallest absolute Gasteiger partial charge is 0.341 e. The van der Waals surface area contributed by atoms with Gasteiger partial charge in [0.05, 0.1) is 9.79 Å². The highest BCUT2D eigenvalue weighted by molar-refractivity contribution is 7.91. The van der Waals surface area contributed by atoms with Crippen molar-refractivity contribution in [2.45, 2.75) is 41.7 Å². The van der Waals surface area contributed by atoms with Crippen molar-refractivity contribution in [2.24, 2.45) is 0 Å². The van der Waals surface area contributed by atoms with Crippen LogP contribution in [0.3, 0.4) is 0 Å². The fraction of sp³-hybridized carbons (Fsp3) is 0.429. The Balaban J connectivity index is 1.69. The van der Waals surface area contributed by atoms with Crippen molar-refractivity contribution in [3.63, 3.8) is 0 Å². The summed E-state index contributed by atoms with van der Waals surface area (Å²) in [5.74, 6) is -3.47. The fourth-order valence-electron chi connectivity index (χ4n) is 3.41. The number of sulfonamides is 1. The quantitative estimate of drug-likeness (QED) is 0.666. The van der Waals surface area contributed by atoms with Gasteiger partial charge in [-0.05, 0) is 47.4 Å². The average molecular weight is 473 g/mol. The van der Waals surface area contributed by atoms with Crippen molar-refractivity contribution in [1.82, 2.24) is 4.31 Å². The lowest BCUT2D eigenvalue weighted by Gasteiger charge is -2.35. The van der Waals surface area contributed by atoms with Crippen LogP contribution in [0, 0.1) is 0 Å². The third-order valence-electron chi connectivity index (χ3n) is 5.36. The van der Waals surface area contributed by atoms with Crippen LogP contribution in [-0.4, -0.2) is 53.1 Å². The van der Waals surface area contributed by atoms with Crippen LogP contribution in [0.25, 0.3) is 0 Å². The van der Waals surface area contributed by atoms with Crippen molar-refractivity contribution in [3.05, 3.63) is 54.1 Å². The Bertz CT molecular complexity index is 1120. The second-order valence-corrected chi connectivity index (χ2v) is 12.3. The molecule has 31 heavy (non-hydrogen) atoms. The molecule has 0 spiro atoms. The zero-order valence-electron chi connectivity index (χ0n) is 17.6. The number of hydrogen-bond donors (Lipinski definition) is 0. The summed E-state index contributed by atoms with van der Waals surface area (Å²) >= 11 is 0. The summed E-state index contributed by atoms with van der Waals surface area (Å²) < 4.78 is 75.8. The molecule has 2 aromatic carbocycles. The third-order valence-corrected chi connectivity index (χ3v) is 8.67. The molecule has 170 valence electrons. The van der Waals surface area contributed by atoms with Crippen LogP contribution in [0.1, 0.15) is 26.3 Å². The number of anilines is 1. The van der Waals surface area contributed by atoms with E-state index in [1.807, 2.05) is 17.0 Å². The van der Waals surface area contributed by atoms with Gasteiger partial charge in [0, 0.05) is 31.9 Å². The van der Waals surface area contributed by atoms with Crippen LogP contribution in [0.5, 0.6) is 0 Å². The molecule has 0 amide bonds. The minimum Gasteiger partial charge on any atom is -0.369 e.